The van der Waals surface area contributed by atoms with Gasteiger partial charge in [0.2, 0.25) is 5.91 Å². The molecule has 30 heavy (non-hydrogen) atoms. The molecule has 6 nitrogen and oxygen atoms in total. The summed E-state index contributed by atoms with van der Waals surface area (Å²) in [7, 11) is 0. The first-order valence-corrected chi connectivity index (χ1v) is 9.01. The van der Waals surface area contributed by atoms with Crippen molar-refractivity contribution in [2.75, 3.05) is 0 Å². The molecule has 0 bridgehead atoms. The number of amides is 1. The van der Waals surface area contributed by atoms with Gasteiger partial charge in [0, 0.05) is 29.4 Å². The van der Waals surface area contributed by atoms with Crippen molar-refractivity contribution in [1.82, 2.24) is 24.9 Å². The van der Waals surface area contributed by atoms with Gasteiger partial charge in [0.05, 0.1) is 6.04 Å². The number of aryl methyl sites for hydroxylation is 2. The van der Waals surface area contributed by atoms with Crippen molar-refractivity contribution in [2.24, 2.45) is 0 Å². The minimum atomic E-state index is -4.69. The van der Waals surface area contributed by atoms with Crippen LogP contribution < -0.4 is 5.32 Å². The lowest BCUT2D eigenvalue weighted by molar-refractivity contribution is -0.144. The third kappa shape index (κ3) is 4.39. The van der Waals surface area contributed by atoms with Crippen molar-refractivity contribution in [3.8, 4) is 0 Å². The van der Waals surface area contributed by atoms with Crippen LogP contribution in [-0.2, 0) is 17.4 Å². The summed E-state index contributed by atoms with van der Waals surface area (Å²) in [6.45, 7) is 4.74. The zero-order valence-electron chi connectivity index (χ0n) is 16.3. The lowest BCUT2D eigenvalue weighted by Crippen LogP contribution is -2.27. The largest absolute Gasteiger partial charge is 0.453 e. The molecule has 160 valence electrons. The Morgan fingerprint density at radius 3 is 2.53 bits per heavy atom. The first kappa shape index (κ1) is 21.6. The summed E-state index contributed by atoms with van der Waals surface area (Å²) in [5.74, 6) is -3.35. The first-order chi connectivity index (χ1) is 14.0. The molecule has 3 rings (SSSR count). The number of hydrogen-bond acceptors (Lipinski definition) is 4. The first-order valence-electron chi connectivity index (χ1n) is 9.01. The molecule has 0 spiro atoms. The number of nitrogens with one attached hydrogen (secondary N) is 1. The van der Waals surface area contributed by atoms with Crippen molar-refractivity contribution in [3.63, 3.8) is 0 Å². The summed E-state index contributed by atoms with van der Waals surface area (Å²) in [5.41, 5.74) is 1.54. The maximum absolute atomic E-state index is 13.8. The van der Waals surface area contributed by atoms with Crippen LogP contribution in [-0.4, -0.2) is 25.5 Å². The van der Waals surface area contributed by atoms with E-state index in [0.717, 1.165) is 16.6 Å². The molecule has 2 aromatic heterocycles. The number of rotatable bonds is 5. The maximum Gasteiger partial charge on any atom is 0.453 e. The van der Waals surface area contributed by atoms with E-state index in [9.17, 15) is 26.7 Å². The van der Waals surface area contributed by atoms with E-state index in [1.807, 2.05) is 0 Å². The van der Waals surface area contributed by atoms with Gasteiger partial charge in [0.15, 0.2) is 0 Å². The molecule has 0 aliphatic rings. The standard InChI is InChI=1S/C19H18F5N5O/c1-9-13(11(3)29-18(26-9)27-17(28-29)19(22,23)24)6-7-16(30)25-10(2)14-5-4-12(20)8-15(14)21/h4-5,8,10H,6-7H2,1-3H3,(H,25,30). The Labute approximate surface area is 168 Å². The van der Waals surface area contributed by atoms with Gasteiger partial charge in [-0.05, 0) is 38.8 Å². The minimum Gasteiger partial charge on any atom is -0.349 e. The van der Waals surface area contributed by atoms with Crippen LogP contribution in [0.2, 0.25) is 0 Å². The van der Waals surface area contributed by atoms with E-state index in [1.54, 1.807) is 20.8 Å². The monoisotopic (exact) mass is 427 g/mol. The highest BCUT2D eigenvalue weighted by atomic mass is 19.4. The molecule has 1 unspecified atom stereocenters. The van der Waals surface area contributed by atoms with Crippen LogP contribution in [0.25, 0.3) is 5.78 Å². The van der Waals surface area contributed by atoms with Gasteiger partial charge in [0.25, 0.3) is 11.6 Å². The van der Waals surface area contributed by atoms with Gasteiger partial charge in [-0.15, -0.1) is 5.10 Å². The molecule has 1 N–H and O–H groups in total. The summed E-state index contributed by atoms with van der Waals surface area (Å²) in [4.78, 5) is 19.7. The highest BCUT2D eigenvalue weighted by Gasteiger charge is 2.37. The molecule has 0 saturated heterocycles. The average Bonchev–Trinajstić information content (AvgIpc) is 3.05. The molecule has 0 fully saturated rings. The van der Waals surface area contributed by atoms with Crippen LogP contribution in [0.3, 0.4) is 0 Å². The smallest absolute Gasteiger partial charge is 0.349 e. The molecular formula is C19H18F5N5O. The van der Waals surface area contributed by atoms with Crippen LogP contribution in [0, 0.1) is 25.5 Å². The van der Waals surface area contributed by atoms with Crippen LogP contribution in [0.5, 0.6) is 0 Å². The molecule has 1 amide bonds. The highest BCUT2D eigenvalue weighted by Crippen LogP contribution is 2.27. The van der Waals surface area contributed by atoms with E-state index in [-0.39, 0.29) is 24.2 Å². The number of benzene rings is 1. The third-order valence-corrected chi connectivity index (χ3v) is 4.71. The Morgan fingerprint density at radius 1 is 1.20 bits per heavy atom. The second-order valence-corrected chi connectivity index (χ2v) is 6.86. The van der Waals surface area contributed by atoms with Gasteiger partial charge in [-0.1, -0.05) is 6.07 Å². The molecule has 11 heteroatoms. The molecule has 0 saturated carbocycles. The normalized spacial score (nSPS) is 12.9. The van der Waals surface area contributed by atoms with Gasteiger partial charge < -0.3 is 5.32 Å². The molecule has 1 atom stereocenters. The van der Waals surface area contributed by atoms with Crippen LogP contribution in [0.1, 0.15) is 47.7 Å². The van der Waals surface area contributed by atoms with Gasteiger partial charge >= 0.3 is 6.18 Å². The van der Waals surface area contributed by atoms with E-state index in [2.05, 4.69) is 20.4 Å². The molecule has 3 aromatic rings. The van der Waals surface area contributed by atoms with Crippen molar-refractivity contribution >= 4 is 11.7 Å². The van der Waals surface area contributed by atoms with Crippen LogP contribution >= 0.6 is 0 Å². The predicted molar refractivity (Wildman–Crippen MR) is 96.5 cm³/mol. The Bertz CT molecular complexity index is 1110. The number of alkyl halides is 3. The molecule has 1 aromatic carbocycles. The summed E-state index contributed by atoms with van der Waals surface area (Å²) >= 11 is 0. The number of carbonyl (C=O) groups excluding carboxylic acids is 1. The van der Waals surface area contributed by atoms with Crippen molar-refractivity contribution in [2.45, 2.75) is 45.8 Å². The Kier molecular flexibility index (Phi) is 5.73. The number of hydrogen-bond donors (Lipinski definition) is 1. The van der Waals surface area contributed by atoms with Gasteiger partial charge in [-0.2, -0.15) is 18.2 Å². The zero-order chi connectivity index (χ0) is 22.2. The Hall–Kier alpha value is -3.11. The fourth-order valence-electron chi connectivity index (χ4n) is 3.17. The molecule has 2 heterocycles. The number of nitrogens with zero attached hydrogens (tertiary/aromatic N) is 4. The summed E-state index contributed by atoms with van der Waals surface area (Å²) in [6, 6.07) is 2.40. The quantitative estimate of drug-likeness (QED) is 0.628. The van der Waals surface area contributed by atoms with Crippen LogP contribution in [0.4, 0.5) is 22.0 Å². The van der Waals surface area contributed by atoms with Gasteiger partial charge in [0.1, 0.15) is 11.6 Å². The van der Waals surface area contributed by atoms with E-state index < -0.39 is 35.6 Å². The topological polar surface area (TPSA) is 72.2 Å². The van der Waals surface area contributed by atoms with E-state index in [1.165, 1.54) is 6.07 Å². The Morgan fingerprint density at radius 2 is 1.90 bits per heavy atom. The number of carbonyl (C=O) groups is 1. The lowest BCUT2D eigenvalue weighted by Gasteiger charge is -2.16. The molecule has 0 aliphatic heterocycles. The Balaban J connectivity index is 1.74. The highest BCUT2D eigenvalue weighted by molar-refractivity contribution is 5.76. The van der Waals surface area contributed by atoms with Crippen molar-refractivity contribution in [1.29, 1.82) is 0 Å². The van der Waals surface area contributed by atoms with Crippen LogP contribution in [0.15, 0.2) is 18.2 Å². The zero-order valence-corrected chi connectivity index (χ0v) is 16.3. The second-order valence-electron chi connectivity index (χ2n) is 6.86. The fraction of sp³-hybridized carbons (Fsp3) is 0.368. The average molecular weight is 427 g/mol. The predicted octanol–water partition coefficient (Wildman–Crippen LogP) is 3.85. The minimum absolute atomic E-state index is 0.0111. The van der Waals surface area contributed by atoms with E-state index in [0.29, 0.717) is 17.0 Å². The van der Waals surface area contributed by atoms with Crippen molar-refractivity contribution < 1.29 is 26.7 Å². The van der Waals surface area contributed by atoms with Gasteiger partial charge in [-0.3, -0.25) is 4.79 Å². The number of fused-ring (bicyclic) bond motifs is 1. The van der Waals surface area contributed by atoms with E-state index in [4.69, 9.17) is 0 Å². The summed E-state index contributed by atoms with van der Waals surface area (Å²) in [6.07, 6.45) is -4.52. The second kappa shape index (κ2) is 7.96. The van der Waals surface area contributed by atoms with Crippen molar-refractivity contribution in [3.05, 3.63) is 58.2 Å². The maximum atomic E-state index is 13.8. The van der Waals surface area contributed by atoms with E-state index >= 15 is 0 Å². The number of aromatic nitrogens is 4. The number of halogens is 5. The molecule has 0 aliphatic carbocycles. The summed E-state index contributed by atoms with van der Waals surface area (Å²) in [5, 5.41) is 6.08. The van der Waals surface area contributed by atoms with Gasteiger partial charge in [-0.25, -0.2) is 18.3 Å². The lowest BCUT2D eigenvalue weighted by atomic mass is 10.0. The SMILES string of the molecule is Cc1nc2nc(C(F)(F)F)nn2c(C)c1CCC(=O)NC(C)c1ccc(F)cc1F. The fourth-order valence-corrected chi connectivity index (χ4v) is 3.17. The molecular weight excluding hydrogens is 409 g/mol. The summed E-state index contributed by atoms with van der Waals surface area (Å²) < 4.78 is 66.4. The molecule has 0 radical (unpaired) electrons. The third-order valence-electron chi connectivity index (χ3n) is 4.71.